The minimum Gasteiger partial charge on any atom is -0.491 e. The van der Waals surface area contributed by atoms with Gasteiger partial charge >= 0.3 is 0 Å². The monoisotopic (exact) mass is 331 g/mol. The third-order valence-electron chi connectivity index (χ3n) is 3.90. The zero-order valence-electron chi connectivity index (χ0n) is 12.4. The van der Waals surface area contributed by atoms with E-state index in [-0.39, 0.29) is 6.04 Å². The lowest BCUT2D eigenvalue weighted by Crippen LogP contribution is -2.23. The number of rotatable bonds is 6. The van der Waals surface area contributed by atoms with Gasteiger partial charge in [0, 0.05) is 24.3 Å². The van der Waals surface area contributed by atoms with Crippen LogP contribution in [0.1, 0.15) is 31.7 Å². The van der Waals surface area contributed by atoms with Gasteiger partial charge in [0.2, 0.25) is 0 Å². The molecule has 0 amide bonds. The normalized spacial score (nSPS) is 17.7. The molecule has 2 N–H and O–H groups in total. The van der Waals surface area contributed by atoms with Crippen LogP contribution in [0.5, 0.6) is 5.75 Å². The summed E-state index contributed by atoms with van der Waals surface area (Å²) in [6.07, 6.45) is 3.70. The Bertz CT molecular complexity index is 462. The highest BCUT2D eigenvalue weighted by molar-refractivity contribution is 6.35. The number of ether oxygens (including phenoxy) is 2. The first-order chi connectivity index (χ1) is 10.1. The maximum absolute atomic E-state index is 6.30. The van der Waals surface area contributed by atoms with E-state index in [2.05, 4.69) is 6.92 Å². The van der Waals surface area contributed by atoms with Crippen LogP contribution in [0.25, 0.3) is 0 Å². The third kappa shape index (κ3) is 5.03. The first-order valence-electron chi connectivity index (χ1n) is 7.54. The van der Waals surface area contributed by atoms with Gasteiger partial charge in [0.15, 0.2) is 0 Å². The highest BCUT2D eigenvalue weighted by Crippen LogP contribution is 2.34. The van der Waals surface area contributed by atoms with Gasteiger partial charge in [-0.15, -0.1) is 0 Å². The van der Waals surface area contributed by atoms with E-state index in [1.54, 1.807) is 6.07 Å². The molecule has 1 aromatic rings. The Balaban J connectivity index is 2.08. The van der Waals surface area contributed by atoms with Crippen molar-refractivity contribution in [3.05, 3.63) is 27.7 Å². The van der Waals surface area contributed by atoms with Crippen LogP contribution in [0.15, 0.2) is 12.1 Å². The first-order valence-corrected chi connectivity index (χ1v) is 8.29. The summed E-state index contributed by atoms with van der Waals surface area (Å²) in [4.78, 5) is 0. The lowest BCUT2D eigenvalue weighted by Gasteiger charge is -2.23. The Hall–Kier alpha value is -0.480. The van der Waals surface area contributed by atoms with Crippen LogP contribution in [0, 0.1) is 5.92 Å². The standard InChI is InChI=1S/C16H23Cl2NO2/c1-2-14(19)8-12-7-13(17)9-15(18)16(12)21-10-11-3-5-20-6-4-11/h7,9,11,14H,2-6,8,10,19H2,1H3. The zero-order valence-corrected chi connectivity index (χ0v) is 13.9. The van der Waals surface area contributed by atoms with Crippen molar-refractivity contribution < 1.29 is 9.47 Å². The van der Waals surface area contributed by atoms with Crippen LogP contribution in [-0.4, -0.2) is 25.9 Å². The van der Waals surface area contributed by atoms with Gasteiger partial charge in [0.05, 0.1) is 11.6 Å². The molecule has 1 fully saturated rings. The van der Waals surface area contributed by atoms with Crippen molar-refractivity contribution in [1.82, 2.24) is 0 Å². The quantitative estimate of drug-likeness (QED) is 0.854. The predicted octanol–water partition coefficient (Wildman–Crippen LogP) is 4.08. The molecule has 1 atom stereocenters. The van der Waals surface area contributed by atoms with E-state index in [9.17, 15) is 0 Å². The Labute approximate surface area is 136 Å². The summed E-state index contributed by atoms with van der Waals surface area (Å²) in [5.41, 5.74) is 7.05. The molecule has 1 unspecified atom stereocenters. The summed E-state index contributed by atoms with van der Waals surface area (Å²) < 4.78 is 11.4. The SMILES string of the molecule is CCC(N)Cc1cc(Cl)cc(Cl)c1OCC1CCOCC1. The largest absolute Gasteiger partial charge is 0.491 e. The number of hydrogen-bond acceptors (Lipinski definition) is 3. The van der Waals surface area contributed by atoms with Gasteiger partial charge in [-0.05, 0) is 49.3 Å². The van der Waals surface area contributed by atoms with Gasteiger partial charge in [0.1, 0.15) is 5.75 Å². The Kier molecular flexibility index (Phi) is 6.62. The minimum atomic E-state index is 0.0879. The third-order valence-corrected chi connectivity index (χ3v) is 4.39. The Morgan fingerprint density at radius 2 is 2.05 bits per heavy atom. The summed E-state index contributed by atoms with van der Waals surface area (Å²) in [6, 6.07) is 3.72. The van der Waals surface area contributed by atoms with Crippen molar-refractivity contribution in [3.63, 3.8) is 0 Å². The molecule has 0 aromatic heterocycles. The van der Waals surface area contributed by atoms with E-state index in [0.717, 1.165) is 50.2 Å². The minimum absolute atomic E-state index is 0.0879. The Morgan fingerprint density at radius 3 is 2.71 bits per heavy atom. The summed E-state index contributed by atoms with van der Waals surface area (Å²) >= 11 is 12.4. The molecule has 21 heavy (non-hydrogen) atoms. The molecule has 0 radical (unpaired) electrons. The lowest BCUT2D eigenvalue weighted by molar-refractivity contribution is 0.0496. The zero-order chi connectivity index (χ0) is 15.2. The average molecular weight is 332 g/mol. The summed E-state index contributed by atoms with van der Waals surface area (Å²) in [5, 5.41) is 1.18. The fourth-order valence-electron chi connectivity index (χ4n) is 2.47. The van der Waals surface area contributed by atoms with E-state index >= 15 is 0 Å². The van der Waals surface area contributed by atoms with Gasteiger partial charge in [-0.25, -0.2) is 0 Å². The van der Waals surface area contributed by atoms with Crippen molar-refractivity contribution in [2.75, 3.05) is 19.8 Å². The topological polar surface area (TPSA) is 44.5 Å². The molecule has 2 rings (SSSR count). The van der Waals surface area contributed by atoms with E-state index in [4.69, 9.17) is 38.4 Å². The first kappa shape index (κ1) is 16.9. The molecule has 1 aliphatic rings. The second-order valence-corrected chi connectivity index (χ2v) is 6.46. The highest BCUT2D eigenvalue weighted by Gasteiger charge is 2.18. The van der Waals surface area contributed by atoms with Crippen molar-refractivity contribution in [2.24, 2.45) is 11.7 Å². The Morgan fingerprint density at radius 1 is 1.33 bits per heavy atom. The van der Waals surface area contributed by atoms with Crippen LogP contribution in [0.3, 0.4) is 0 Å². The average Bonchev–Trinajstić information content (AvgIpc) is 2.47. The lowest BCUT2D eigenvalue weighted by atomic mass is 10.0. The van der Waals surface area contributed by atoms with E-state index < -0.39 is 0 Å². The highest BCUT2D eigenvalue weighted by atomic mass is 35.5. The molecule has 1 saturated heterocycles. The van der Waals surface area contributed by atoms with E-state index in [1.165, 1.54) is 0 Å². The van der Waals surface area contributed by atoms with Crippen LogP contribution < -0.4 is 10.5 Å². The number of nitrogens with two attached hydrogens (primary N) is 1. The summed E-state index contributed by atoms with van der Waals surface area (Å²) in [5.74, 6) is 1.26. The van der Waals surface area contributed by atoms with Crippen molar-refractivity contribution in [3.8, 4) is 5.75 Å². The molecule has 1 aliphatic heterocycles. The van der Waals surface area contributed by atoms with Crippen molar-refractivity contribution in [1.29, 1.82) is 0 Å². The molecular formula is C16H23Cl2NO2. The molecule has 1 aromatic carbocycles. The van der Waals surface area contributed by atoms with Crippen molar-refractivity contribution >= 4 is 23.2 Å². The number of halogens is 2. The fraction of sp³-hybridized carbons (Fsp3) is 0.625. The van der Waals surface area contributed by atoms with Gasteiger partial charge < -0.3 is 15.2 Å². The molecule has 0 spiro atoms. The van der Waals surface area contributed by atoms with E-state index in [1.807, 2.05) is 6.07 Å². The van der Waals surface area contributed by atoms with Crippen LogP contribution in [0.2, 0.25) is 10.0 Å². The van der Waals surface area contributed by atoms with Crippen LogP contribution in [-0.2, 0) is 11.2 Å². The number of hydrogen-bond donors (Lipinski definition) is 1. The summed E-state index contributed by atoms with van der Waals surface area (Å²) in [7, 11) is 0. The van der Waals surface area contributed by atoms with Crippen molar-refractivity contribution in [2.45, 2.75) is 38.6 Å². The molecule has 5 heteroatoms. The van der Waals surface area contributed by atoms with Gasteiger partial charge in [0.25, 0.3) is 0 Å². The molecule has 1 heterocycles. The fourth-order valence-corrected chi connectivity index (χ4v) is 3.06. The second-order valence-electron chi connectivity index (χ2n) is 5.62. The maximum atomic E-state index is 6.30. The molecule has 118 valence electrons. The van der Waals surface area contributed by atoms with Gasteiger partial charge in [-0.2, -0.15) is 0 Å². The van der Waals surface area contributed by atoms with Crippen LogP contribution >= 0.6 is 23.2 Å². The maximum Gasteiger partial charge on any atom is 0.141 e. The van der Waals surface area contributed by atoms with Gasteiger partial charge in [-0.3, -0.25) is 0 Å². The molecular weight excluding hydrogens is 309 g/mol. The molecule has 0 bridgehead atoms. The molecule has 3 nitrogen and oxygen atoms in total. The molecule has 0 aliphatic carbocycles. The number of benzene rings is 1. The van der Waals surface area contributed by atoms with Gasteiger partial charge in [-0.1, -0.05) is 30.1 Å². The smallest absolute Gasteiger partial charge is 0.141 e. The predicted molar refractivity (Wildman–Crippen MR) is 87.5 cm³/mol. The second kappa shape index (κ2) is 8.23. The van der Waals surface area contributed by atoms with E-state index in [0.29, 0.717) is 22.6 Å². The van der Waals surface area contributed by atoms with Crippen LogP contribution in [0.4, 0.5) is 0 Å². The summed E-state index contributed by atoms with van der Waals surface area (Å²) in [6.45, 7) is 4.37. The molecule has 0 saturated carbocycles.